The highest BCUT2D eigenvalue weighted by atomic mass is 19.1. The fourth-order valence-electron chi connectivity index (χ4n) is 5.52. The van der Waals surface area contributed by atoms with Crippen molar-refractivity contribution in [1.29, 1.82) is 5.26 Å². The molecule has 2 saturated heterocycles. The normalized spacial score (nSPS) is 17.8. The van der Waals surface area contributed by atoms with Gasteiger partial charge in [0.15, 0.2) is 17.3 Å². The standard InChI is InChI=1S/C28H26F3N7/c29-21-12-17(5-6-18(21)15-32)27-35-25-24(37-11-3-4-19(33)16-37)7-8-34-28(25)38(27)26-22(30)13-20(14-23(26)31)36-9-1-2-10-36/h5-8,12-14,19H,1-4,9-11,16,33H2/t19-/m1/s1. The van der Waals surface area contributed by atoms with Crippen molar-refractivity contribution in [2.24, 2.45) is 5.73 Å². The summed E-state index contributed by atoms with van der Waals surface area (Å²) in [5, 5.41) is 9.18. The number of nitriles is 1. The summed E-state index contributed by atoms with van der Waals surface area (Å²) in [7, 11) is 0. The Morgan fingerprint density at radius 2 is 1.66 bits per heavy atom. The largest absolute Gasteiger partial charge is 0.371 e. The van der Waals surface area contributed by atoms with Crippen LogP contribution in [0.25, 0.3) is 28.2 Å². The highest BCUT2D eigenvalue weighted by Gasteiger charge is 2.27. The third kappa shape index (κ3) is 4.13. The van der Waals surface area contributed by atoms with Crippen molar-refractivity contribution in [3.63, 3.8) is 0 Å². The molecule has 4 heterocycles. The van der Waals surface area contributed by atoms with Gasteiger partial charge in [-0.05, 0) is 62.1 Å². The molecule has 38 heavy (non-hydrogen) atoms. The van der Waals surface area contributed by atoms with Crippen molar-refractivity contribution in [1.82, 2.24) is 14.5 Å². The molecular weight excluding hydrogens is 491 g/mol. The summed E-state index contributed by atoms with van der Waals surface area (Å²) in [6.45, 7) is 2.85. The Morgan fingerprint density at radius 1 is 0.921 bits per heavy atom. The summed E-state index contributed by atoms with van der Waals surface area (Å²) in [5.74, 6) is -2.16. The van der Waals surface area contributed by atoms with Gasteiger partial charge in [-0.25, -0.2) is 23.1 Å². The maximum absolute atomic E-state index is 15.8. The predicted octanol–water partition coefficient (Wildman–Crippen LogP) is 4.90. The van der Waals surface area contributed by atoms with Crippen LogP contribution in [0.5, 0.6) is 0 Å². The number of nitrogens with two attached hydrogens (primary N) is 1. The number of anilines is 2. The molecule has 2 N–H and O–H groups in total. The summed E-state index contributed by atoms with van der Waals surface area (Å²) in [6.07, 6.45) is 5.33. The third-order valence-electron chi connectivity index (χ3n) is 7.37. The van der Waals surface area contributed by atoms with E-state index in [0.29, 0.717) is 17.7 Å². The first-order valence-electron chi connectivity index (χ1n) is 12.8. The minimum Gasteiger partial charge on any atom is -0.371 e. The minimum atomic E-state index is -0.770. The summed E-state index contributed by atoms with van der Waals surface area (Å²) >= 11 is 0. The molecule has 6 rings (SSSR count). The summed E-state index contributed by atoms with van der Waals surface area (Å²) in [4.78, 5) is 13.3. The second kappa shape index (κ2) is 9.65. The molecule has 2 aliphatic rings. The van der Waals surface area contributed by atoms with Crippen molar-refractivity contribution >= 4 is 22.5 Å². The van der Waals surface area contributed by atoms with Gasteiger partial charge in [-0.3, -0.25) is 4.57 Å². The van der Waals surface area contributed by atoms with Gasteiger partial charge in [-0.15, -0.1) is 0 Å². The van der Waals surface area contributed by atoms with Crippen molar-refractivity contribution in [3.05, 3.63) is 65.6 Å². The Labute approximate surface area is 217 Å². The first kappa shape index (κ1) is 24.2. The number of nitrogens with zero attached hydrogens (tertiary/aromatic N) is 6. The minimum absolute atomic E-state index is 0.00540. The van der Waals surface area contributed by atoms with Crippen LogP contribution in [-0.2, 0) is 0 Å². The number of aromatic nitrogens is 3. The van der Waals surface area contributed by atoms with E-state index in [1.165, 1.54) is 28.8 Å². The maximum atomic E-state index is 15.8. The number of halogens is 3. The Kier molecular flexibility index (Phi) is 6.16. The van der Waals surface area contributed by atoms with E-state index in [-0.39, 0.29) is 34.3 Å². The molecule has 1 atom stereocenters. The summed E-state index contributed by atoms with van der Waals surface area (Å²) in [5.41, 5.74) is 7.92. The van der Waals surface area contributed by atoms with Crippen LogP contribution in [0.15, 0.2) is 42.6 Å². The van der Waals surface area contributed by atoms with Crippen LogP contribution in [0.1, 0.15) is 31.2 Å². The van der Waals surface area contributed by atoms with Gasteiger partial charge in [0.1, 0.15) is 28.9 Å². The molecule has 2 aliphatic heterocycles. The smallest absolute Gasteiger partial charge is 0.167 e. The van der Waals surface area contributed by atoms with Gasteiger partial charge in [0.2, 0.25) is 0 Å². The lowest BCUT2D eigenvalue weighted by molar-refractivity contribution is 0.507. The van der Waals surface area contributed by atoms with E-state index in [0.717, 1.165) is 57.1 Å². The highest BCUT2D eigenvalue weighted by Crippen LogP contribution is 2.36. The number of piperidine rings is 1. The number of fused-ring (bicyclic) bond motifs is 1. The van der Waals surface area contributed by atoms with E-state index in [1.54, 1.807) is 12.3 Å². The van der Waals surface area contributed by atoms with Gasteiger partial charge < -0.3 is 15.5 Å². The third-order valence-corrected chi connectivity index (χ3v) is 7.37. The van der Waals surface area contributed by atoms with E-state index in [1.807, 2.05) is 11.0 Å². The molecule has 10 heteroatoms. The lowest BCUT2D eigenvalue weighted by Gasteiger charge is -2.32. The van der Waals surface area contributed by atoms with Crippen molar-refractivity contribution in [3.8, 4) is 23.1 Å². The molecule has 7 nitrogen and oxygen atoms in total. The van der Waals surface area contributed by atoms with Crippen LogP contribution >= 0.6 is 0 Å². The predicted molar refractivity (Wildman–Crippen MR) is 140 cm³/mol. The van der Waals surface area contributed by atoms with Crippen molar-refractivity contribution in [2.75, 3.05) is 36.0 Å². The second-order valence-electron chi connectivity index (χ2n) is 9.88. The van der Waals surface area contributed by atoms with Crippen molar-refractivity contribution < 1.29 is 13.2 Å². The van der Waals surface area contributed by atoms with E-state index in [4.69, 9.17) is 10.7 Å². The Morgan fingerprint density at radius 3 is 2.34 bits per heavy atom. The zero-order valence-electron chi connectivity index (χ0n) is 20.7. The van der Waals surface area contributed by atoms with Gasteiger partial charge in [-0.1, -0.05) is 0 Å². The van der Waals surface area contributed by atoms with E-state index in [9.17, 15) is 9.65 Å². The van der Waals surface area contributed by atoms with Gasteiger partial charge >= 0.3 is 0 Å². The van der Waals surface area contributed by atoms with E-state index in [2.05, 4.69) is 9.88 Å². The molecular formula is C28H26F3N7. The van der Waals surface area contributed by atoms with E-state index >= 15 is 8.78 Å². The van der Waals surface area contributed by atoms with Gasteiger partial charge in [0, 0.05) is 49.7 Å². The quantitative estimate of drug-likeness (QED) is 0.414. The molecule has 0 saturated carbocycles. The number of hydrogen-bond acceptors (Lipinski definition) is 6. The number of benzene rings is 2. The van der Waals surface area contributed by atoms with Crippen LogP contribution < -0.4 is 15.5 Å². The molecule has 4 aromatic rings. The van der Waals surface area contributed by atoms with Crippen LogP contribution in [-0.4, -0.2) is 46.8 Å². The van der Waals surface area contributed by atoms with Gasteiger partial charge in [-0.2, -0.15) is 5.26 Å². The van der Waals surface area contributed by atoms with Crippen molar-refractivity contribution in [2.45, 2.75) is 31.7 Å². The Bertz CT molecular complexity index is 1550. The summed E-state index contributed by atoms with van der Waals surface area (Å²) in [6, 6.07) is 10.3. The Hall–Kier alpha value is -4.10. The van der Waals surface area contributed by atoms with Crippen LogP contribution in [0.3, 0.4) is 0 Å². The van der Waals surface area contributed by atoms with Crippen LogP contribution in [0, 0.1) is 28.8 Å². The van der Waals surface area contributed by atoms with Crippen LogP contribution in [0.4, 0.5) is 24.5 Å². The molecule has 2 aromatic carbocycles. The number of hydrogen-bond donors (Lipinski definition) is 1. The fraction of sp³-hybridized carbons (Fsp3) is 0.321. The molecule has 0 amide bonds. The molecule has 0 bridgehead atoms. The van der Waals surface area contributed by atoms with Crippen LogP contribution in [0.2, 0.25) is 0 Å². The number of imidazole rings is 1. The van der Waals surface area contributed by atoms with Gasteiger partial charge in [0.05, 0.1) is 11.3 Å². The first-order valence-corrected chi connectivity index (χ1v) is 12.8. The Balaban J connectivity index is 1.59. The number of rotatable bonds is 4. The molecule has 0 spiro atoms. The maximum Gasteiger partial charge on any atom is 0.167 e. The zero-order chi connectivity index (χ0) is 26.4. The lowest BCUT2D eigenvalue weighted by atomic mass is 10.1. The second-order valence-corrected chi connectivity index (χ2v) is 9.88. The molecule has 2 fully saturated rings. The molecule has 0 unspecified atom stereocenters. The monoisotopic (exact) mass is 517 g/mol. The SMILES string of the molecule is N#Cc1ccc(-c2nc3c(N4CCC[C@@H](N)C4)ccnc3n2-c2c(F)cc(N3CCCC3)cc2F)cc1F. The van der Waals surface area contributed by atoms with Gasteiger partial charge in [0.25, 0.3) is 0 Å². The first-order chi connectivity index (χ1) is 18.4. The average molecular weight is 518 g/mol. The number of pyridine rings is 1. The topological polar surface area (TPSA) is 87.0 Å². The zero-order valence-corrected chi connectivity index (χ0v) is 20.7. The highest BCUT2D eigenvalue weighted by molar-refractivity contribution is 5.91. The fourth-order valence-corrected chi connectivity index (χ4v) is 5.52. The molecule has 2 aromatic heterocycles. The average Bonchev–Trinajstić information content (AvgIpc) is 3.57. The molecule has 194 valence electrons. The molecule has 0 aliphatic carbocycles. The van der Waals surface area contributed by atoms with E-state index < -0.39 is 17.5 Å². The molecule has 0 radical (unpaired) electrons. The summed E-state index contributed by atoms with van der Waals surface area (Å²) < 4.78 is 47.5. The lowest BCUT2D eigenvalue weighted by Crippen LogP contribution is -2.42.